The fourth-order valence-corrected chi connectivity index (χ4v) is 2.30. The number of benzene rings is 1. The number of hydrogen-bond acceptors (Lipinski definition) is 5. The van der Waals surface area contributed by atoms with E-state index in [-0.39, 0.29) is 5.75 Å². The van der Waals surface area contributed by atoms with Crippen LogP contribution in [0.1, 0.15) is 5.56 Å². The van der Waals surface area contributed by atoms with Crippen molar-refractivity contribution in [3.63, 3.8) is 0 Å². The van der Waals surface area contributed by atoms with E-state index in [2.05, 4.69) is 9.08 Å². The third-order valence-electron chi connectivity index (χ3n) is 2.92. The Labute approximate surface area is 120 Å². The van der Waals surface area contributed by atoms with Gasteiger partial charge in [0.1, 0.15) is 5.75 Å². The van der Waals surface area contributed by atoms with Crippen molar-refractivity contribution in [1.29, 1.82) is 0 Å². The zero-order valence-corrected chi connectivity index (χ0v) is 11.8. The van der Waals surface area contributed by atoms with E-state index < -0.39 is 15.6 Å². The van der Waals surface area contributed by atoms with Gasteiger partial charge >= 0.3 is 15.6 Å². The average Bonchev–Trinajstić information content (AvgIpc) is 2.41. The second kappa shape index (κ2) is 6.20. The van der Waals surface area contributed by atoms with Crippen molar-refractivity contribution in [1.82, 2.24) is 4.90 Å². The monoisotopic (exact) mass is 325 g/mol. The summed E-state index contributed by atoms with van der Waals surface area (Å²) in [7, 11) is -5.62. The lowest BCUT2D eigenvalue weighted by Crippen LogP contribution is -2.35. The van der Waals surface area contributed by atoms with E-state index in [9.17, 15) is 21.6 Å². The molecular weight excluding hydrogens is 311 g/mol. The summed E-state index contributed by atoms with van der Waals surface area (Å²) in [5.74, 6) is -0.363. The highest BCUT2D eigenvalue weighted by Gasteiger charge is 2.48. The van der Waals surface area contributed by atoms with E-state index in [1.165, 1.54) is 24.3 Å². The van der Waals surface area contributed by atoms with Crippen molar-refractivity contribution in [2.45, 2.75) is 12.1 Å². The van der Waals surface area contributed by atoms with Crippen LogP contribution in [0.2, 0.25) is 0 Å². The zero-order chi connectivity index (χ0) is 15.5. The predicted molar refractivity (Wildman–Crippen MR) is 68.1 cm³/mol. The Bertz CT molecular complexity index is 565. The molecule has 5 nitrogen and oxygen atoms in total. The second-order valence-electron chi connectivity index (χ2n) is 4.52. The van der Waals surface area contributed by atoms with Gasteiger partial charge in [-0.1, -0.05) is 12.1 Å². The summed E-state index contributed by atoms with van der Waals surface area (Å²) in [5, 5.41) is 0. The summed E-state index contributed by atoms with van der Waals surface area (Å²) in [6.07, 6.45) is 0. The van der Waals surface area contributed by atoms with Gasteiger partial charge in [0.05, 0.1) is 13.2 Å². The van der Waals surface area contributed by atoms with Gasteiger partial charge in [-0.2, -0.15) is 21.6 Å². The normalized spacial score (nSPS) is 17.7. The number of hydrogen-bond donors (Lipinski definition) is 0. The van der Waals surface area contributed by atoms with Crippen LogP contribution in [0.25, 0.3) is 0 Å². The fraction of sp³-hybridized carbons (Fsp3) is 0.500. The Morgan fingerprint density at radius 1 is 1.14 bits per heavy atom. The highest BCUT2D eigenvalue weighted by atomic mass is 32.2. The summed E-state index contributed by atoms with van der Waals surface area (Å²) in [6, 6.07) is 5.49. The standard InChI is InChI=1S/C12H14F3NO4S/c13-12(14,15)21(17,18)20-11-3-1-10(2-4-11)9-16-5-7-19-8-6-16/h1-4H,5-9H2. The maximum absolute atomic E-state index is 12.2. The van der Waals surface area contributed by atoms with Crippen molar-refractivity contribution < 1.29 is 30.5 Å². The van der Waals surface area contributed by atoms with Gasteiger partial charge in [-0.3, -0.25) is 4.90 Å². The first-order valence-electron chi connectivity index (χ1n) is 6.18. The molecule has 1 saturated heterocycles. The molecule has 2 rings (SSSR count). The van der Waals surface area contributed by atoms with Gasteiger partial charge in [-0.25, -0.2) is 0 Å². The SMILES string of the molecule is O=S(=O)(Oc1ccc(CN2CCOCC2)cc1)C(F)(F)F. The molecule has 1 heterocycles. The van der Waals surface area contributed by atoms with E-state index in [1.807, 2.05) is 0 Å². The molecule has 1 fully saturated rings. The molecule has 0 N–H and O–H groups in total. The molecule has 1 aromatic rings. The van der Waals surface area contributed by atoms with Crippen LogP contribution in [-0.4, -0.2) is 45.1 Å². The number of morpholine rings is 1. The van der Waals surface area contributed by atoms with E-state index in [0.717, 1.165) is 18.7 Å². The van der Waals surface area contributed by atoms with Crippen molar-refractivity contribution in [2.24, 2.45) is 0 Å². The Balaban J connectivity index is 1.99. The van der Waals surface area contributed by atoms with Crippen molar-refractivity contribution in [3.8, 4) is 5.75 Å². The van der Waals surface area contributed by atoms with Crippen molar-refractivity contribution >= 4 is 10.1 Å². The molecule has 0 spiro atoms. The third kappa shape index (κ3) is 4.32. The molecule has 0 saturated carbocycles. The Morgan fingerprint density at radius 3 is 2.24 bits per heavy atom. The van der Waals surface area contributed by atoms with E-state index in [0.29, 0.717) is 19.8 Å². The number of alkyl halides is 3. The molecule has 1 aliphatic heterocycles. The van der Waals surface area contributed by atoms with Crippen LogP contribution in [-0.2, 0) is 21.4 Å². The van der Waals surface area contributed by atoms with Crippen LogP contribution in [0, 0.1) is 0 Å². The molecule has 0 unspecified atom stereocenters. The summed E-state index contributed by atoms with van der Waals surface area (Å²) in [6.45, 7) is 3.47. The van der Waals surface area contributed by atoms with Crippen molar-refractivity contribution in [2.75, 3.05) is 26.3 Å². The molecule has 0 amide bonds. The van der Waals surface area contributed by atoms with E-state index in [1.54, 1.807) is 0 Å². The van der Waals surface area contributed by atoms with Gasteiger partial charge in [-0.05, 0) is 17.7 Å². The molecule has 1 aromatic carbocycles. The fourth-order valence-electron chi connectivity index (χ4n) is 1.84. The summed E-state index contributed by atoms with van der Waals surface area (Å²) in [5.41, 5.74) is -4.58. The number of rotatable bonds is 4. The number of halogens is 3. The van der Waals surface area contributed by atoms with E-state index >= 15 is 0 Å². The minimum absolute atomic E-state index is 0.363. The van der Waals surface area contributed by atoms with Gasteiger partial charge in [0.25, 0.3) is 0 Å². The lowest BCUT2D eigenvalue weighted by Gasteiger charge is -2.26. The highest BCUT2D eigenvalue weighted by molar-refractivity contribution is 7.87. The molecule has 0 bridgehead atoms. The minimum atomic E-state index is -5.62. The first-order chi connectivity index (χ1) is 9.78. The third-order valence-corrected chi connectivity index (χ3v) is 3.90. The van der Waals surface area contributed by atoms with Crippen LogP contribution in [0.15, 0.2) is 24.3 Å². The van der Waals surface area contributed by atoms with Crippen LogP contribution in [0.3, 0.4) is 0 Å². The molecule has 21 heavy (non-hydrogen) atoms. The summed E-state index contributed by atoms with van der Waals surface area (Å²) in [4.78, 5) is 2.13. The van der Waals surface area contributed by atoms with E-state index in [4.69, 9.17) is 4.74 Å². The molecule has 118 valence electrons. The Morgan fingerprint density at radius 2 is 1.71 bits per heavy atom. The summed E-state index contributed by atoms with van der Waals surface area (Å²) >= 11 is 0. The van der Waals surface area contributed by atoms with Crippen molar-refractivity contribution in [3.05, 3.63) is 29.8 Å². The lowest BCUT2D eigenvalue weighted by molar-refractivity contribution is -0.0500. The number of ether oxygens (including phenoxy) is 1. The predicted octanol–water partition coefficient (Wildman–Crippen LogP) is 1.75. The molecule has 0 radical (unpaired) electrons. The second-order valence-corrected chi connectivity index (χ2v) is 6.05. The molecule has 1 aliphatic rings. The average molecular weight is 325 g/mol. The van der Waals surface area contributed by atoms with Gasteiger partial charge in [0, 0.05) is 19.6 Å². The maximum atomic E-state index is 12.2. The summed E-state index contributed by atoms with van der Waals surface area (Å²) < 4.78 is 67.5. The minimum Gasteiger partial charge on any atom is -0.379 e. The Hall–Kier alpha value is -1.32. The van der Waals surface area contributed by atoms with Gasteiger partial charge < -0.3 is 8.92 Å². The van der Waals surface area contributed by atoms with Crippen LogP contribution >= 0.6 is 0 Å². The first-order valence-corrected chi connectivity index (χ1v) is 7.58. The molecule has 0 aliphatic carbocycles. The van der Waals surface area contributed by atoms with Crippen LogP contribution in [0.4, 0.5) is 13.2 Å². The largest absolute Gasteiger partial charge is 0.534 e. The van der Waals surface area contributed by atoms with Crippen LogP contribution < -0.4 is 4.18 Å². The van der Waals surface area contributed by atoms with Gasteiger partial charge in [0.2, 0.25) is 0 Å². The molecule has 0 atom stereocenters. The maximum Gasteiger partial charge on any atom is 0.534 e. The van der Waals surface area contributed by atoms with Gasteiger partial charge in [0.15, 0.2) is 0 Å². The quantitative estimate of drug-likeness (QED) is 0.623. The topological polar surface area (TPSA) is 55.8 Å². The Kier molecular flexibility index (Phi) is 4.74. The van der Waals surface area contributed by atoms with Crippen LogP contribution in [0.5, 0.6) is 5.75 Å². The zero-order valence-electron chi connectivity index (χ0n) is 11.0. The first kappa shape index (κ1) is 16.1. The smallest absolute Gasteiger partial charge is 0.379 e. The molecular formula is C12H14F3NO4S. The molecule has 9 heteroatoms. The lowest BCUT2D eigenvalue weighted by atomic mass is 10.2. The highest BCUT2D eigenvalue weighted by Crippen LogP contribution is 2.27. The molecule has 0 aromatic heterocycles. The van der Waals surface area contributed by atoms with Gasteiger partial charge in [-0.15, -0.1) is 0 Å². The number of nitrogens with zero attached hydrogens (tertiary/aromatic N) is 1.